The highest BCUT2D eigenvalue weighted by Crippen LogP contribution is 2.21. The van der Waals surface area contributed by atoms with Crippen LogP contribution in [0.15, 0.2) is 29.8 Å². The molecule has 0 atom stereocenters. The number of allylic oxidation sites excluding steroid dienone is 2. The maximum atomic E-state index is 13.5. The first-order chi connectivity index (χ1) is 8.16. The molecular formula is C14H14ClFO. The van der Waals surface area contributed by atoms with Crippen LogP contribution in [0.4, 0.5) is 4.39 Å². The van der Waals surface area contributed by atoms with Crippen LogP contribution in [-0.4, -0.2) is 5.78 Å². The van der Waals surface area contributed by atoms with Gasteiger partial charge in [0.15, 0.2) is 5.78 Å². The monoisotopic (exact) mass is 252 g/mol. The SMILES string of the molecule is O=C(Cc1cc(Cl)ccc1F)C1=CCCCC1. The molecule has 1 aliphatic rings. The van der Waals surface area contributed by atoms with E-state index in [1.807, 2.05) is 6.08 Å². The van der Waals surface area contributed by atoms with Gasteiger partial charge in [0.05, 0.1) is 0 Å². The van der Waals surface area contributed by atoms with E-state index in [9.17, 15) is 9.18 Å². The van der Waals surface area contributed by atoms with Gasteiger partial charge in [-0.15, -0.1) is 0 Å². The second-order valence-corrected chi connectivity index (χ2v) is 4.75. The molecule has 1 aliphatic carbocycles. The molecule has 0 saturated heterocycles. The van der Waals surface area contributed by atoms with Crippen LogP contribution in [0.5, 0.6) is 0 Å². The summed E-state index contributed by atoms with van der Waals surface area (Å²) in [5, 5.41) is 0.465. The number of benzene rings is 1. The molecule has 1 nitrogen and oxygen atoms in total. The van der Waals surface area contributed by atoms with E-state index < -0.39 is 0 Å². The summed E-state index contributed by atoms with van der Waals surface area (Å²) in [5.41, 5.74) is 1.23. The lowest BCUT2D eigenvalue weighted by Gasteiger charge is -2.11. The van der Waals surface area contributed by atoms with Crippen molar-refractivity contribution in [1.82, 2.24) is 0 Å². The number of carbonyl (C=O) groups is 1. The van der Waals surface area contributed by atoms with Crippen LogP contribution < -0.4 is 0 Å². The molecule has 1 aromatic rings. The number of carbonyl (C=O) groups excluding carboxylic acids is 1. The zero-order chi connectivity index (χ0) is 12.3. The molecule has 90 valence electrons. The number of hydrogen-bond donors (Lipinski definition) is 0. The second-order valence-electron chi connectivity index (χ2n) is 4.31. The summed E-state index contributed by atoms with van der Waals surface area (Å²) in [5.74, 6) is -0.343. The van der Waals surface area contributed by atoms with Gasteiger partial charge in [0.1, 0.15) is 5.82 Å². The highest BCUT2D eigenvalue weighted by Gasteiger charge is 2.15. The molecule has 0 spiro atoms. The fourth-order valence-corrected chi connectivity index (χ4v) is 2.25. The Hall–Kier alpha value is -1.15. The summed E-state index contributed by atoms with van der Waals surface area (Å²) in [7, 11) is 0. The van der Waals surface area contributed by atoms with E-state index in [-0.39, 0.29) is 18.0 Å². The lowest BCUT2D eigenvalue weighted by atomic mass is 9.93. The fraction of sp³-hybridized carbons (Fsp3) is 0.357. The van der Waals surface area contributed by atoms with Crippen molar-refractivity contribution in [1.29, 1.82) is 0 Å². The molecule has 1 aromatic carbocycles. The van der Waals surface area contributed by atoms with Gasteiger partial charge in [-0.1, -0.05) is 17.7 Å². The van der Waals surface area contributed by atoms with Crippen LogP contribution in [-0.2, 0) is 11.2 Å². The second kappa shape index (κ2) is 5.46. The lowest BCUT2D eigenvalue weighted by Crippen LogP contribution is -2.10. The minimum absolute atomic E-state index is 0.0193. The van der Waals surface area contributed by atoms with Crippen molar-refractivity contribution in [3.63, 3.8) is 0 Å². The quantitative estimate of drug-likeness (QED) is 0.792. The van der Waals surface area contributed by atoms with E-state index in [4.69, 9.17) is 11.6 Å². The van der Waals surface area contributed by atoms with E-state index in [0.717, 1.165) is 31.3 Å². The molecule has 0 unspecified atom stereocenters. The Morgan fingerprint density at radius 3 is 2.88 bits per heavy atom. The molecule has 3 heteroatoms. The molecule has 0 N–H and O–H groups in total. The molecule has 2 rings (SSSR count). The van der Waals surface area contributed by atoms with Gasteiger partial charge in [-0.3, -0.25) is 4.79 Å². The maximum absolute atomic E-state index is 13.5. The van der Waals surface area contributed by atoms with E-state index in [1.54, 1.807) is 0 Å². The molecule has 0 radical (unpaired) electrons. The Bertz CT molecular complexity index is 465. The average molecular weight is 253 g/mol. The first-order valence-corrected chi connectivity index (χ1v) is 6.21. The molecule has 0 heterocycles. The zero-order valence-corrected chi connectivity index (χ0v) is 10.3. The standard InChI is InChI=1S/C14H14ClFO/c15-12-6-7-13(16)11(8-12)9-14(17)10-4-2-1-3-5-10/h4,6-8H,1-3,5,9H2. The van der Waals surface area contributed by atoms with Crippen LogP contribution in [0, 0.1) is 5.82 Å². The van der Waals surface area contributed by atoms with Gasteiger partial charge in [0.2, 0.25) is 0 Å². The van der Waals surface area contributed by atoms with Crippen molar-refractivity contribution >= 4 is 17.4 Å². The molecule has 0 fully saturated rings. The van der Waals surface area contributed by atoms with Gasteiger partial charge >= 0.3 is 0 Å². The van der Waals surface area contributed by atoms with Crippen molar-refractivity contribution in [3.05, 3.63) is 46.3 Å². The molecule has 0 aromatic heterocycles. The number of halogens is 2. The topological polar surface area (TPSA) is 17.1 Å². The molecule has 0 saturated carbocycles. The van der Waals surface area contributed by atoms with Crippen LogP contribution in [0.3, 0.4) is 0 Å². The first-order valence-electron chi connectivity index (χ1n) is 5.83. The predicted octanol–water partition coefficient (Wildman–Crippen LogP) is 4.09. The average Bonchev–Trinajstić information content (AvgIpc) is 2.35. The minimum atomic E-state index is -0.362. The highest BCUT2D eigenvalue weighted by molar-refractivity contribution is 6.30. The Morgan fingerprint density at radius 2 is 2.18 bits per heavy atom. The third-order valence-electron chi connectivity index (χ3n) is 3.01. The molecule has 0 bridgehead atoms. The first kappa shape index (κ1) is 12.3. The number of ketones is 1. The van der Waals surface area contributed by atoms with Gasteiger partial charge in [-0.2, -0.15) is 0 Å². The molecular weight excluding hydrogens is 239 g/mol. The summed E-state index contributed by atoms with van der Waals surface area (Å²) >= 11 is 5.79. The van der Waals surface area contributed by atoms with Gasteiger partial charge in [0, 0.05) is 11.4 Å². The van der Waals surface area contributed by atoms with Crippen LogP contribution >= 0.6 is 11.6 Å². The van der Waals surface area contributed by atoms with Gasteiger partial charge in [-0.05, 0) is 55.0 Å². The van der Waals surface area contributed by atoms with E-state index in [0.29, 0.717) is 10.6 Å². The summed E-state index contributed by atoms with van der Waals surface area (Å²) in [4.78, 5) is 12.0. The largest absolute Gasteiger partial charge is 0.294 e. The molecule has 0 aliphatic heterocycles. The summed E-state index contributed by atoms with van der Waals surface area (Å²) in [6, 6.07) is 4.32. The smallest absolute Gasteiger partial charge is 0.163 e. The molecule has 17 heavy (non-hydrogen) atoms. The van der Waals surface area contributed by atoms with Crippen molar-refractivity contribution < 1.29 is 9.18 Å². The van der Waals surface area contributed by atoms with Gasteiger partial charge < -0.3 is 0 Å². The Balaban J connectivity index is 2.12. The lowest BCUT2D eigenvalue weighted by molar-refractivity contribution is -0.115. The van der Waals surface area contributed by atoms with Crippen molar-refractivity contribution in [2.24, 2.45) is 0 Å². The number of rotatable bonds is 3. The van der Waals surface area contributed by atoms with Crippen LogP contribution in [0.25, 0.3) is 0 Å². The normalized spacial score (nSPS) is 15.5. The van der Waals surface area contributed by atoms with E-state index in [1.165, 1.54) is 18.2 Å². The number of hydrogen-bond acceptors (Lipinski definition) is 1. The van der Waals surface area contributed by atoms with Gasteiger partial charge in [-0.25, -0.2) is 4.39 Å². The minimum Gasteiger partial charge on any atom is -0.294 e. The van der Waals surface area contributed by atoms with Crippen molar-refractivity contribution in [2.75, 3.05) is 0 Å². The van der Waals surface area contributed by atoms with Crippen molar-refractivity contribution in [3.8, 4) is 0 Å². The van der Waals surface area contributed by atoms with E-state index in [2.05, 4.69) is 0 Å². The predicted molar refractivity (Wildman–Crippen MR) is 66.7 cm³/mol. The van der Waals surface area contributed by atoms with Crippen LogP contribution in [0.2, 0.25) is 5.02 Å². The Morgan fingerprint density at radius 1 is 1.35 bits per heavy atom. The highest BCUT2D eigenvalue weighted by atomic mass is 35.5. The Kier molecular flexibility index (Phi) is 3.95. The third kappa shape index (κ3) is 3.16. The zero-order valence-electron chi connectivity index (χ0n) is 9.51. The molecule has 0 amide bonds. The van der Waals surface area contributed by atoms with Crippen LogP contribution in [0.1, 0.15) is 31.2 Å². The van der Waals surface area contributed by atoms with E-state index >= 15 is 0 Å². The maximum Gasteiger partial charge on any atom is 0.163 e. The summed E-state index contributed by atoms with van der Waals surface area (Å²) < 4.78 is 13.5. The fourth-order valence-electron chi connectivity index (χ4n) is 2.06. The van der Waals surface area contributed by atoms with Gasteiger partial charge in [0.25, 0.3) is 0 Å². The third-order valence-corrected chi connectivity index (χ3v) is 3.24. The summed E-state index contributed by atoms with van der Waals surface area (Å²) in [6.45, 7) is 0. The Labute approximate surface area is 105 Å². The number of Topliss-reactive ketones (excluding diaryl/α,β-unsaturated/α-hetero) is 1. The summed E-state index contributed by atoms with van der Waals surface area (Å²) in [6.07, 6.45) is 6.06. The van der Waals surface area contributed by atoms with Crippen molar-refractivity contribution in [2.45, 2.75) is 32.1 Å².